The highest BCUT2D eigenvalue weighted by Gasteiger charge is 2.21. The molecule has 0 aliphatic carbocycles. The molecule has 6 nitrogen and oxygen atoms in total. The van der Waals surface area contributed by atoms with E-state index in [1.165, 1.54) is 0 Å². The smallest absolute Gasteiger partial charge is 0.164 e. The third-order valence-electron chi connectivity index (χ3n) is 9.05. The summed E-state index contributed by atoms with van der Waals surface area (Å²) in [6, 6.07) is 45.0. The quantitative estimate of drug-likeness (QED) is 0.196. The Morgan fingerprint density at radius 3 is 1.88 bits per heavy atom. The molecule has 6 aromatic carbocycles. The molecule has 0 fully saturated rings. The lowest BCUT2D eigenvalue weighted by Crippen LogP contribution is -2.01. The van der Waals surface area contributed by atoms with Crippen molar-refractivity contribution in [1.29, 1.82) is 0 Å². The number of hydrogen-bond acceptors (Lipinski definition) is 6. The van der Waals surface area contributed by atoms with E-state index in [2.05, 4.69) is 65.6 Å². The van der Waals surface area contributed by atoms with Gasteiger partial charge in [-0.25, -0.2) is 15.0 Å². The monoisotopic (exact) mass is 616 g/mol. The molecule has 0 atom stereocenters. The van der Waals surface area contributed by atoms with Crippen LogP contribution in [0.25, 0.3) is 99.9 Å². The van der Waals surface area contributed by atoms with E-state index in [-0.39, 0.29) is 0 Å². The van der Waals surface area contributed by atoms with E-state index in [1.54, 1.807) is 6.20 Å². The summed E-state index contributed by atoms with van der Waals surface area (Å²) in [6.45, 7) is 0. The first-order valence-electron chi connectivity index (χ1n) is 15.8. The summed E-state index contributed by atoms with van der Waals surface area (Å²) in [5.41, 5.74) is 7.96. The molecule has 0 saturated carbocycles. The van der Waals surface area contributed by atoms with Crippen LogP contribution in [0.3, 0.4) is 0 Å². The van der Waals surface area contributed by atoms with E-state index in [0.29, 0.717) is 17.5 Å². The Morgan fingerprint density at radius 1 is 0.375 bits per heavy atom. The minimum atomic E-state index is 0.580. The maximum absolute atomic E-state index is 6.40. The third kappa shape index (κ3) is 4.06. The zero-order valence-corrected chi connectivity index (χ0v) is 25.5. The van der Waals surface area contributed by atoms with Crippen molar-refractivity contribution in [3.8, 4) is 45.3 Å². The number of nitrogens with zero attached hydrogens (tertiary/aromatic N) is 4. The van der Waals surface area contributed by atoms with Crippen molar-refractivity contribution >= 4 is 54.6 Å². The lowest BCUT2D eigenvalue weighted by atomic mass is 9.92. The van der Waals surface area contributed by atoms with Gasteiger partial charge in [0.1, 0.15) is 22.3 Å². The fourth-order valence-electron chi connectivity index (χ4n) is 6.91. The van der Waals surface area contributed by atoms with Gasteiger partial charge in [-0.1, -0.05) is 109 Å². The lowest BCUT2D eigenvalue weighted by molar-refractivity contribution is 0.668. The molecule has 0 radical (unpaired) electrons. The van der Waals surface area contributed by atoms with E-state index in [9.17, 15) is 0 Å². The van der Waals surface area contributed by atoms with Gasteiger partial charge in [0.05, 0.1) is 0 Å². The highest BCUT2D eigenvalue weighted by molar-refractivity contribution is 6.22. The number of furan rings is 2. The van der Waals surface area contributed by atoms with Gasteiger partial charge in [0, 0.05) is 50.6 Å². The summed E-state index contributed by atoms with van der Waals surface area (Å²) < 4.78 is 12.6. The van der Waals surface area contributed by atoms with Gasteiger partial charge in [0.2, 0.25) is 0 Å². The Hall–Kier alpha value is -6.66. The first kappa shape index (κ1) is 26.5. The molecule has 224 valence electrons. The zero-order valence-electron chi connectivity index (χ0n) is 25.5. The number of hydrogen-bond donors (Lipinski definition) is 0. The van der Waals surface area contributed by atoms with Crippen LogP contribution in [0.1, 0.15) is 0 Å². The van der Waals surface area contributed by atoms with Gasteiger partial charge in [-0.15, -0.1) is 0 Å². The van der Waals surface area contributed by atoms with E-state index in [1.807, 2.05) is 79.0 Å². The van der Waals surface area contributed by atoms with Crippen molar-refractivity contribution in [2.24, 2.45) is 0 Å². The van der Waals surface area contributed by atoms with Crippen molar-refractivity contribution < 1.29 is 8.83 Å². The van der Waals surface area contributed by atoms with Crippen LogP contribution < -0.4 is 0 Å². The molecular weight excluding hydrogens is 592 g/mol. The predicted molar refractivity (Wildman–Crippen MR) is 191 cm³/mol. The first-order chi connectivity index (χ1) is 23.8. The van der Waals surface area contributed by atoms with Gasteiger partial charge in [0.15, 0.2) is 17.5 Å². The van der Waals surface area contributed by atoms with Crippen LogP contribution in [-0.4, -0.2) is 19.9 Å². The highest BCUT2D eigenvalue weighted by atomic mass is 16.3. The van der Waals surface area contributed by atoms with Crippen molar-refractivity contribution in [3.63, 3.8) is 0 Å². The number of aromatic nitrogens is 4. The standard InChI is InChI=1S/C42H24N4O2/c1-2-11-25(12-3-1)40-44-41(46-42(45-40)31-18-10-20-36-39(31)30-17-8-9-19-34(30)47-36)29-16-7-5-14-27(29)32-23-37-38(28-15-6-4-13-26(28)32)33-24-43-22-21-35(33)48-37/h1-24H. The summed E-state index contributed by atoms with van der Waals surface area (Å²) >= 11 is 0. The van der Waals surface area contributed by atoms with E-state index in [0.717, 1.165) is 82.5 Å². The van der Waals surface area contributed by atoms with Gasteiger partial charge >= 0.3 is 0 Å². The minimum Gasteiger partial charge on any atom is -0.456 e. The summed E-state index contributed by atoms with van der Waals surface area (Å²) in [4.78, 5) is 19.8. The van der Waals surface area contributed by atoms with Crippen molar-refractivity contribution in [2.75, 3.05) is 0 Å². The predicted octanol–water partition coefficient (Wildman–Crippen LogP) is 10.9. The van der Waals surface area contributed by atoms with Crippen molar-refractivity contribution in [2.45, 2.75) is 0 Å². The maximum Gasteiger partial charge on any atom is 0.164 e. The molecule has 0 bridgehead atoms. The molecule has 0 unspecified atom stereocenters. The Bertz CT molecular complexity index is 2850. The molecule has 0 saturated heterocycles. The second-order valence-corrected chi connectivity index (χ2v) is 11.8. The van der Waals surface area contributed by atoms with Crippen LogP contribution in [0.15, 0.2) is 155 Å². The zero-order chi connectivity index (χ0) is 31.6. The largest absolute Gasteiger partial charge is 0.456 e. The third-order valence-corrected chi connectivity index (χ3v) is 9.05. The molecular formula is C42H24N4O2. The van der Waals surface area contributed by atoms with Gasteiger partial charge in [-0.3, -0.25) is 4.98 Å². The number of para-hydroxylation sites is 1. The number of benzene rings is 6. The molecule has 10 rings (SSSR count). The number of rotatable bonds is 4. The van der Waals surface area contributed by atoms with E-state index in [4.69, 9.17) is 23.8 Å². The molecule has 0 spiro atoms. The molecule has 0 aliphatic rings. The summed E-state index contributed by atoms with van der Waals surface area (Å²) in [7, 11) is 0. The summed E-state index contributed by atoms with van der Waals surface area (Å²) in [5, 5.41) is 6.27. The molecule has 0 aliphatic heterocycles. The SMILES string of the molecule is c1ccc(-c2nc(-c3ccccc3-c3cc4oc5ccncc5c4c4ccccc34)nc(-c3cccc4oc5ccccc5c34)n2)cc1. The molecule has 48 heavy (non-hydrogen) atoms. The molecule has 4 heterocycles. The number of fused-ring (bicyclic) bond motifs is 8. The van der Waals surface area contributed by atoms with Crippen LogP contribution in [0.5, 0.6) is 0 Å². The van der Waals surface area contributed by atoms with Gasteiger partial charge in [0.25, 0.3) is 0 Å². The van der Waals surface area contributed by atoms with Gasteiger partial charge in [-0.2, -0.15) is 0 Å². The minimum absolute atomic E-state index is 0.580. The normalized spacial score (nSPS) is 11.8. The molecule has 0 N–H and O–H groups in total. The highest BCUT2D eigenvalue weighted by Crippen LogP contribution is 2.43. The maximum atomic E-state index is 6.40. The summed E-state index contributed by atoms with van der Waals surface area (Å²) in [6.07, 6.45) is 3.64. The van der Waals surface area contributed by atoms with Crippen LogP contribution in [0.4, 0.5) is 0 Å². The first-order valence-corrected chi connectivity index (χ1v) is 15.8. The lowest BCUT2D eigenvalue weighted by Gasteiger charge is -2.14. The fourth-order valence-corrected chi connectivity index (χ4v) is 6.91. The van der Waals surface area contributed by atoms with E-state index >= 15 is 0 Å². The second-order valence-electron chi connectivity index (χ2n) is 11.8. The van der Waals surface area contributed by atoms with Crippen LogP contribution >= 0.6 is 0 Å². The second kappa shape index (κ2) is 10.4. The molecule has 10 aromatic rings. The average molecular weight is 617 g/mol. The molecule has 6 heteroatoms. The van der Waals surface area contributed by atoms with Crippen LogP contribution in [0, 0.1) is 0 Å². The Labute approximate surface area is 274 Å². The molecule has 0 amide bonds. The van der Waals surface area contributed by atoms with Crippen LogP contribution in [-0.2, 0) is 0 Å². The van der Waals surface area contributed by atoms with Gasteiger partial charge < -0.3 is 8.83 Å². The van der Waals surface area contributed by atoms with Crippen LogP contribution in [0.2, 0.25) is 0 Å². The average Bonchev–Trinajstić information content (AvgIpc) is 3.73. The number of pyridine rings is 1. The van der Waals surface area contributed by atoms with Crippen molar-refractivity contribution in [1.82, 2.24) is 19.9 Å². The molecule has 4 aromatic heterocycles. The fraction of sp³-hybridized carbons (Fsp3) is 0. The van der Waals surface area contributed by atoms with Crippen molar-refractivity contribution in [3.05, 3.63) is 146 Å². The van der Waals surface area contributed by atoms with E-state index < -0.39 is 0 Å². The summed E-state index contributed by atoms with van der Waals surface area (Å²) in [5.74, 6) is 1.76. The topological polar surface area (TPSA) is 77.8 Å². The Balaban J connectivity index is 1.25. The Morgan fingerprint density at radius 2 is 1.00 bits per heavy atom. The van der Waals surface area contributed by atoms with Gasteiger partial charge in [-0.05, 0) is 46.2 Å². The Kier molecular flexibility index (Phi) is 5.77.